The third-order valence-electron chi connectivity index (χ3n) is 3.71. The molecule has 3 aromatic rings. The van der Waals surface area contributed by atoms with Crippen LogP contribution in [0, 0.1) is 0 Å². The molecule has 1 N–H and O–H groups in total. The molecule has 0 saturated heterocycles. The number of ether oxygens (including phenoxy) is 2. The third-order valence-corrected chi connectivity index (χ3v) is 3.96. The van der Waals surface area contributed by atoms with Gasteiger partial charge in [-0.3, -0.25) is 0 Å². The van der Waals surface area contributed by atoms with Gasteiger partial charge in [-0.25, -0.2) is 4.98 Å². The van der Waals surface area contributed by atoms with Crippen molar-refractivity contribution in [2.45, 2.75) is 6.42 Å². The van der Waals surface area contributed by atoms with Gasteiger partial charge in [0.15, 0.2) is 23.9 Å². The van der Waals surface area contributed by atoms with Crippen LogP contribution in [-0.4, -0.2) is 14.2 Å². The average molecular weight is 395 g/mol. The maximum absolute atomic E-state index is 5.95. The third kappa shape index (κ3) is 3.77. The van der Waals surface area contributed by atoms with E-state index in [9.17, 15) is 0 Å². The zero-order valence-electron chi connectivity index (χ0n) is 12.9. The van der Waals surface area contributed by atoms with Crippen LogP contribution in [0.4, 0.5) is 0 Å². The number of hydrogen-bond acceptors (Lipinski definition) is 2. The minimum atomic E-state index is 0. The monoisotopic (exact) mass is 393 g/mol. The second-order valence-electron chi connectivity index (χ2n) is 5.08. The van der Waals surface area contributed by atoms with E-state index in [1.807, 2.05) is 48.8 Å². The van der Waals surface area contributed by atoms with E-state index in [0.29, 0.717) is 0 Å². The minimum absolute atomic E-state index is 0. The van der Waals surface area contributed by atoms with Crippen molar-refractivity contribution in [1.82, 2.24) is 0 Å². The predicted molar refractivity (Wildman–Crippen MR) is 87.9 cm³/mol. The Morgan fingerprint density at radius 3 is 2.26 bits per heavy atom. The van der Waals surface area contributed by atoms with Crippen molar-refractivity contribution in [3.05, 3.63) is 64.9 Å². The summed E-state index contributed by atoms with van der Waals surface area (Å²) in [5.41, 5.74) is 2.40. The first-order valence-corrected chi connectivity index (χ1v) is 7.38. The van der Waals surface area contributed by atoms with E-state index in [0.717, 1.165) is 33.7 Å². The molecule has 0 saturated carbocycles. The van der Waals surface area contributed by atoms with Crippen molar-refractivity contribution in [1.29, 1.82) is 0 Å². The molecule has 2 aromatic carbocycles. The van der Waals surface area contributed by atoms with E-state index in [-0.39, 0.29) is 17.0 Å². The molecule has 0 aliphatic carbocycles. The Hall–Kier alpha value is -1.78. The summed E-state index contributed by atoms with van der Waals surface area (Å²) < 4.78 is 10.8. The summed E-state index contributed by atoms with van der Waals surface area (Å²) in [5, 5.41) is 2.98. The quantitative estimate of drug-likeness (QED) is 0.659. The van der Waals surface area contributed by atoms with Gasteiger partial charge in [-0.1, -0.05) is 23.7 Å². The summed E-state index contributed by atoms with van der Waals surface area (Å²) in [5.74, 6) is 1.46. The van der Waals surface area contributed by atoms with Crippen LogP contribution in [0.2, 0.25) is 5.02 Å². The van der Waals surface area contributed by atoms with Gasteiger partial charge >= 0.3 is 0 Å². The molecule has 5 heteroatoms. The summed E-state index contributed by atoms with van der Waals surface area (Å²) in [6.45, 7) is 0. The van der Waals surface area contributed by atoms with Gasteiger partial charge in [-0.2, -0.15) is 0 Å². The smallest absolute Gasteiger partial charge is 0.175 e. The van der Waals surface area contributed by atoms with Gasteiger partial charge in [0, 0.05) is 27.8 Å². The van der Waals surface area contributed by atoms with Crippen LogP contribution in [0.1, 0.15) is 11.1 Å². The van der Waals surface area contributed by atoms with Crippen molar-refractivity contribution in [3.8, 4) is 11.5 Å². The molecule has 1 aromatic heterocycles. The van der Waals surface area contributed by atoms with Crippen LogP contribution in [0.25, 0.3) is 10.8 Å². The molecule has 0 atom stereocenters. The number of fused-ring (bicyclic) bond motifs is 1. The van der Waals surface area contributed by atoms with E-state index in [1.54, 1.807) is 14.2 Å². The van der Waals surface area contributed by atoms with E-state index < -0.39 is 0 Å². The molecule has 0 aliphatic rings. The second kappa shape index (κ2) is 7.66. The van der Waals surface area contributed by atoms with Gasteiger partial charge in [0.05, 0.1) is 14.2 Å². The fraction of sp³-hybridized carbons (Fsp3) is 0.167. The number of halogens is 2. The highest BCUT2D eigenvalue weighted by Gasteiger charge is 2.12. The van der Waals surface area contributed by atoms with Crippen molar-refractivity contribution >= 4 is 22.4 Å². The lowest BCUT2D eigenvalue weighted by Gasteiger charge is -2.10. The van der Waals surface area contributed by atoms with Crippen LogP contribution in [0.3, 0.4) is 0 Å². The molecule has 3 rings (SSSR count). The number of pyridine rings is 1. The first-order valence-electron chi connectivity index (χ1n) is 7.00. The zero-order chi connectivity index (χ0) is 15.5. The van der Waals surface area contributed by atoms with Gasteiger partial charge in [-0.05, 0) is 29.8 Å². The number of H-pyrrole nitrogens is 1. The molecule has 0 unspecified atom stereocenters. The molecule has 0 radical (unpaired) electrons. The Morgan fingerprint density at radius 1 is 0.957 bits per heavy atom. The predicted octanol–water partition coefficient (Wildman–Crippen LogP) is 0.919. The highest BCUT2D eigenvalue weighted by atomic mass is 79.9. The Kier molecular flexibility index (Phi) is 5.85. The molecule has 23 heavy (non-hydrogen) atoms. The number of benzene rings is 2. The van der Waals surface area contributed by atoms with Crippen molar-refractivity contribution < 1.29 is 31.4 Å². The van der Waals surface area contributed by atoms with Crippen molar-refractivity contribution in [2.75, 3.05) is 14.2 Å². The van der Waals surface area contributed by atoms with E-state index in [1.165, 1.54) is 11.1 Å². The summed E-state index contributed by atoms with van der Waals surface area (Å²) >= 11 is 5.95. The topological polar surface area (TPSA) is 32.6 Å². The normalized spacial score (nSPS) is 10.2. The molecular weight excluding hydrogens is 378 g/mol. The number of aromatic nitrogens is 1. The number of methoxy groups -OCH3 is 2. The van der Waals surface area contributed by atoms with Crippen LogP contribution in [0.15, 0.2) is 48.8 Å². The number of rotatable bonds is 4. The first kappa shape index (κ1) is 17.6. The molecule has 0 aliphatic heterocycles. The summed E-state index contributed by atoms with van der Waals surface area (Å²) in [4.78, 5) is 3.20. The Morgan fingerprint density at radius 2 is 1.61 bits per heavy atom. The van der Waals surface area contributed by atoms with E-state index >= 15 is 0 Å². The highest BCUT2D eigenvalue weighted by Crippen LogP contribution is 2.33. The Labute approximate surface area is 151 Å². The zero-order valence-corrected chi connectivity index (χ0v) is 15.2. The number of aromatic amines is 1. The molecule has 3 nitrogen and oxygen atoms in total. The van der Waals surface area contributed by atoms with Gasteiger partial charge in [-0.15, -0.1) is 0 Å². The lowest BCUT2D eigenvalue weighted by molar-refractivity contribution is -0.376. The summed E-state index contributed by atoms with van der Waals surface area (Å²) in [6.07, 6.45) is 4.80. The first-order chi connectivity index (χ1) is 10.7. The standard InChI is InChI=1S/C18H16ClNO2.BrH/c1-21-17-8-14-11-20-10-13(16(14)9-18(17)22-2)7-12-3-5-15(19)6-4-12;/h3-6,8-11H,7H2,1-2H3;1H. The summed E-state index contributed by atoms with van der Waals surface area (Å²) in [6, 6.07) is 11.9. The van der Waals surface area contributed by atoms with Crippen LogP contribution >= 0.6 is 11.6 Å². The van der Waals surface area contributed by atoms with Gasteiger partial charge in [0.25, 0.3) is 0 Å². The largest absolute Gasteiger partial charge is 1.00 e. The summed E-state index contributed by atoms with van der Waals surface area (Å²) in [7, 11) is 3.29. The number of hydrogen-bond donors (Lipinski definition) is 0. The molecule has 0 fully saturated rings. The SMILES string of the molecule is COc1cc2c[nH+]cc(Cc3ccc(Cl)cc3)c2cc1OC.[Br-]. The highest BCUT2D eigenvalue weighted by molar-refractivity contribution is 6.30. The van der Waals surface area contributed by atoms with Crippen molar-refractivity contribution in [2.24, 2.45) is 0 Å². The minimum Gasteiger partial charge on any atom is -1.00 e. The average Bonchev–Trinajstić information content (AvgIpc) is 2.56. The maximum Gasteiger partial charge on any atom is 0.175 e. The fourth-order valence-electron chi connectivity index (χ4n) is 2.57. The molecule has 1 heterocycles. The van der Waals surface area contributed by atoms with Crippen LogP contribution in [-0.2, 0) is 6.42 Å². The molecular formula is C18H17BrClNO2. The number of nitrogens with one attached hydrogen (secondary N) is 1. The van der Waals surface area contributed by atoms with Crippen LogP contribution < -0.4 is 31.4 Å². The van der Waals surface area contributed by atoms with Gasteiger partial charge < -0.3 is 26.5 Å². The molecule has 0 amide bonds. The Balaban J connectivity index is 0.00000192. The maximum atomic E-state index is 5.95. The van der Waals surface area contributed by atoms with Gasteiger partial charge in [0.2, 0.25) is 0 Å². The molecule has 0 bridgehead atoms. The second-order valence-corrected chi connectivity index (χ2v) is 5.51. The lowest BCUT2D eigenvalue weighted by Crippen LogP contribution is -3.00. The molecule has 120 valence electrons. The van der Waals surface area contributed by atoms with Gasteiger partial charge in [0.1, 0.15) is 0 Å². The van der Waals surface area contributed by atoms with Crippen molar-refractivity contribution in [3.63, 3.8) is 0 Å². The van der Waals surface area contributed by atoms with Crippen LogP contribution in [0.5, 0.6) is 11.5 Å². The lowest BCUT2D eigenvalue weighted by atomic mass is 10.0. The van der Waals surface area contributed by atoms with E-state index in [4.69, 9.17) is 21.1 Å². The molecule has 0 spiro atoms. The van der Waals surface area contributed by atoms with E-state index in [2.05, 4.69) is 4.98 Å². The Bertz CT molecular complexity index is 806. The fourth-order valence-corrected chi connectivity index (χ4v) is 2.70.